The van der Waals surface area contributed by atoms with Crippen molar-refractivity contribution in [1.82, 2.24) is 5.32 Å². The van der Waals surface area contributed by atoms with Crippen molar-refractivity contribution in [2.24, 2.45) is 0 Å². The zero-order valence-electron chi connectivity index (χ0n) is 14.1. The van der Waals surface area contributed by atoms with Gasteiger partial charge in [0.1, 0.15) is 18.9 Å². The molecule has 2 rings (SSSR count). The summed E-state index contributed by atoms with van der Waals surface area (Å²) in [7, 11) is 0. The number of amides is 1. The number of carbonyl (C=O) groups excluding carboxylic acids is 2. The van der Waals surface area contributed by atoms with E-state index in [1.165, 1.54) is 0 Å². The van der Waals surface area contributed by atoms with Crippen LogP contribution in [0.1, 0.15) is 22.8 Å². The van der Waals surface area contributed by atoms with Crippen LogP contribution in [0.5, 0.6) is 5.75 Å². The van der Waals surface area contributed by atoms with E-state index in [0.717, 1.165) is 5.56 Å². The predicted octanol–water partition coefficient (Wildman–Crippen LogP) is 3.07. The van der Waals surface area contributed by atoms with Gasteiger partial charge in [0.2, 0.25) is 0 Å². The molecule has 0 aromatic heterocycles. The van der Waals surface area contributed by atoms with Crippen LogP contribution in [0.2, 0.25) is 0 Å². The van der Waals surface area contributed by atoms with Gasteiger partial charge in [-0.2, -0.15) is 0 Å². The zero-order chi connectivity index (χ0) is 17.9. The maximum Gasteiger partial charge on any atom is 0.325 e. The molecule has 130 valence electrons. The van der Waals surface area contributed by atoms with E-state index >= 15 is 0 Å². The summed E-state index contributed by atoms with van der Waals surface area (Å²) in [4.78, 5) is 23.6. The van der Waals surface area contributed by atoms with E-state index in [4.69, 9.17) is 9.47 Å². The van der Waals surface area contributed by atoms with Crippen molar-refractivity contribution >= 4 is 18.0 Å². The molecular weight excluding hydrogens is 318 g/mol. The van der Waals surface area contributed by atoms with E-state index in [1.807, 2.05) is 43.3 Å². The van der Waals surface area contributed by atoms with Gasteiger partial charge in [0.15, 0.2) is 0 Å². The van der Waals surface area contributed by atoms with Gasteiger partial charge >= 0.3 is 5.97 Å². The predicted molar refractivity (Wildman–Crippen MR) is 96.4 cm³/mol. The molecular formula is C20H21NO4. The first kappa shape index (κ1) is 18.3. The highest BCUT2D eigenvalue weighted by atomic mass is 16.5. The summed E-state index contributed by atoms with van der Waals surface area (Å²) in [6.07, 6.45) is 3.62. The lowest BCUT2D eigenvalue weighted by molar-refractivity contribution is -0.141. The van der Waals surface area contributed by atoms with Gasteiger partial charge in [0, 0.05) is 5.56 Å². The molecule has 2 aromatic carbocycles. The molecule has 0 fully saturated rings. The van der Waals surface area contributed by atoms with Crippen LogP contribution >= 0.6 is 0 Å². The molecule has 2 aromatic rings. The van der Waals surface area contributed by atoms with Gasteiger partial charge in [-0.1, -0.05) is 36.4 Å². The van der Waals surface area contributed by atoms with Crippen molar-refractivity contribution in [3.05, 3.63) is 71.8 Å². The number of nitrogens with one attached hydrogen (secondary N) is 1. The molecule has 0 saturated heterocycles. The minimum Gasteiger partial charge on any atom is -0.494 e. The van der Waals surface area contributed by atoms with Crippen LogP contribution < -0.4 is 10.1 Å². The molecule has 0 unspecified atom stereocenters. The third-order valence-electron chi connectivity index (χ3n) is 3.27. The number of carbonyl (C=O) groups is 2. The molecule has 0 spiro atoms. The van der Waals surface area contributed by atoms with Crippen LogP contribution in [-0.4, -0.2) is 31.6 Å². The fourth-order valence-electron chi connectivity index (χ4n) is 2.06. The summed E-state index contributed by atoms with van der Waals surface area (Å²) >= 11 is 0. The molecule has 25 heavy (non-hydrogen) atoms. The highest BCUT2D eigenvalue weighted by Crippen LogP contribution is 2.11. The first-order valence-electron chi connectivity index (χ1n) is 8.07. The first-order chi connectivity index (χ1) is 12.2. The molecule has 5 heteroatoms. The standard InChI is InChI=1S/C20H21NO4/c1-2-24-18-12-10-17(11-13-18)20(23)21-15-19(22)25-14-6-9-16-7-4-3-5-8-16/h3-13H,2,14-15H2,1H3,(H,21,23)/b9-6+. The first-order valence-corrected chi connectivity index (χ1v) is 8.07. The molecule has 0 atom stereocenters. The number of hydrogen-bond acceptors (Lipinski definition) is 4. The van der Waals surface area contributed by atoms with Crippen molar-refractivity contribution in [3.8, 4) is 5.75 Å². The minimum atomic E-state index is -0.489. The molecule has 1 amide bonds. The van der Waals surface area contributed by atoms with E-state index in [-0.39, 0.29) is 19.1 Å². The number of esters is 1. The SMILES string of the molecule is CCOc1ccc(C(=O)NCC(=O)OC/C=C/c2ccccc2)cc1. The van der Waals surface area contributed by atoms with Crippen molar-refractivity contribution in [2.45, 2.75) is 6.92 Å². The zero-order valence-corrected chi connectivity index (χ0v) is 14.1. The Morgan fingerprint density at radius 1 is 1.04 bits per heavy atom. The number of rotatable bonds is 8. The largest absolute Gasteiger partial charge is 0.494 e. The van der Waals surface area contributed by atoms with E-state index < -0.39 is 5.97 Å². The molecule has 5 nitrogen and oxygen atoms in total. The highest BCUT2D eigenvalue weighted by Gasteiger charge is 2.08. The smallest absolute Gasteiger partial charge is 0.325 e. The fraction of sp³-hybridized carbons (Fsp3) is 0.200. The lowest BCUT2D eigenvalue weighted by Crippen LogP contribution is -2.30. The Kier molecular flexibility index (Phi) is 7.25. The maximum atomic E-state index is 12.0. The van der Waals surface area contributed by atoms with E-state index in [2.05, 4.69) is 5.32 Å². The van der Waals surface area contributed by atoms with Gasteiger partial charge in [0.25, 0.3) is 5.91 Å². The van der Waals surface area contributed by atoms with Crippen LogP contribution in [0.4, 0.5) is 0 Å². The van der Waals surface area contributed by atoms with E-state index in [9.17, 15) is 9.59 Å². The Hall–Kier alpha value is -3.08. The van der Waals surface area contributed by atoms with Gasteiger partial charge in [0.05, 0.1) is 6.61 Å². The summed E-state index contributed by atoms with van der Waals surface area (Å²) in [5.41, 5.74) is 1.49. The Morgan fingerprint density at radius 2 is 1.76 bits per heavy atom. The van der Waals surface area contributed by atoms with Crippen LogP contribution in [0, 0.1) is 0 Å². The molecule has 1 N–H and O–H groups in total. The van der Waals surface area contributed by atoms with E-state index in [0.29, 0.717) is 17.9 Å². The van der Waals surface area contributed by atoms with E-state index in [1.54, 1.807) is 30.3 Å². The lowest BCUT2D eigenvalue weighted by atomic mass is 10.2. The molecule has 0 aliphatic carbocycles. The topological polar surface area (TPSA) is 64.6 Å². The third-order valence-corrected chi connectivity index (χ3v) is 3.27. The second kappa shape index (κ2) is 9.93. The monoisotopic (exact) mass is 339 g/mol. The quantitative estimate of drug-likeness (QED) is 0.751. The summed E-state index contributed by atoms with van der Waals surface area (Å²) in [5, 5.41) is 2.53. The van der Waals surface area contributed by atoms with Crippen LogP contribution in [0.15, 0.2) is 60.7 Å². The molecule has 0 saturated carbocycles. The van der Waals surface area contributed by atoms with Crippen molar-refractivity contribution < 1.29 is 19.1 Å². The Balaban J connectivity index is 1.70. The summed E-state index contributed by atoms with van der Waals surface area (Å²) in [6.45, 7) is 2.44. The van der Waals surface area contributed by atoms with Gasteiger partial charge in [-0.05, 0) is 42.8 Å². The van der Waals surface area contributed by atoms with Crippen molar-refractivity contribution in [3.63, 3.8) is 0 Å². The Labute approximate surface area is 147 Å². The summed E-state index contributed by atoms with van der Waals surface area (Å²) in [6, 6.07) is 16.4. The Morgan fingerprint density at radius 3 is 2.44 bits per heavy atom. The number of benzene rings is 2. The Bertz CT molecular complexity index is 708. The molecule has 0 aliphatic rings. The van der Waals surface area contributed by atoms with Gasteiger partial charge in [-0.15, -0.1) is 0 Å². The molecule has 0 heterocycles. The average molecular weight is 339 g/mol. The minimum absolute atomic E-state index is 0.159. The second-order valence-corrected chi connectivity index (χ2v) is 5.14. The molecule has 0 radical (unpaired) electrons. The average Bonchev–Trinajstić information content (AvgIpc) is 2.65. The van der Waals surface area contributed by atoms with Gasteiger partial charge < -0.3 is 14.8 Å². The van der Waals surface area contributed by atoms with Crippen LogP contribution in [-0.2, 0) is 9.53 Å². The highest BCUT2D eigenvalue weighted by molar-refractivity contribution is 5.96. The molecule has 0 bridgehead atoms. The summed E-state index contributed by atoms with van der Waals surface area (Å²) < 4.78 is 10.4. The maximum absolute atomic E-state index is 12.0. The fourth-order valence-corrected chi connectivity index (χ4v) is 2.06. The molecule has 0 aliphatic heterocycles. The normalized spacial score (nSPS) is 10.4. The van der Waals surface area contributed by atoms with Crippen molar-refractivity contribution in [1.29, 1.82) is 0 Å². The summed E-state index contributed by atoms with van der Waals surface area (Å²) in [5.74, 6) is -0.125. The van der Waals surface area contributed by atoms with Crippen molar-refractivity contribution in [2.75, 3.05) is 19.8 Å². The third kappa shape index (κ3) is 6.51. The number of ether oxygens (including phenoxy) is 2. The lowest BCUT2D eigenvalue weighted by Gasteiger charge is -2.06. The second-order valence-electron chi connectivity index (χ2n) is 5.14. The number of hydrogen-bond donors (Lipinski definition) is 1. The van der Waals surface area contributed by atoms with Gasteiger partial charge in [-0.25, -0.2) is 0 Å². The van der Waals surface area contributed by atoms with Crippen LogP contribution in [0.3, 0.4) is 0 Å². The van der Waals surface area contributed by atoms with Gasteiger partial charge in [-0.3, -0.25) is 9.59 Å². The van der Waals surface area contributed by atoms with Crippen LogP contribution in [0.25, 0.3) is 6.08 Å².